The second-order valence-electron chi connectivity index (χ2n) is 2.72. The minimum atomic E-state index is 0.518. The number of nitrogens with zero attached hydrogens (tertiary/aromatic N) is 1. The molecule has 2 rings (SSSR count). The highest BCUT2D eigenvalue weighted by atomic mass is 79.9. The lowest BCUT2D eigenvalue weighted by atomic mass is 10.2. The van der Waals surface area contributed by atoms with Gasteiger partial charge in [0.15, 0.2) is 0 Å². The lowest BCUT2D eigenvalue weighted by Gasteiger charge is -1.96. The smallest absolute Gasteiger partial charge is 0.140 e. The highest BCUT2D eigenvalue weighted by Crippen LogP contribution is 2.24. The Morgan fingerprint density at radius 2 is 2.33 bits per heavy atom. The maximum atomic E-state index is 5.62. The molecule has 0 spiro atoms. The largest absolute Gasteiger partial charge is 0.383 e. The van der Waals surface area contributed by atoms with E-state index in [0.29, 0.717) is 5.82 Å². The summed E-state index contributed by atoms with van der Waals surface area (Å²) in [5.41, 5.74) is 7.64. The van der Waals surface area contributed by atoms with Crippen molar-refractivity contribution < 1.29 is 0 Å². The SMILES string of the molecule is Cc1c[nH]c2nc(N)c(Br)cc12. The molecule has 0 atom stereocenters. The van der Waals surface area contributed by atoms with E-state index < -0.39 is 0 Å². The van der Waals surface area contributed by atoms with E-state index in [1.54, 1.807) is 0 Å². The van der Waals surface area contributed by atoms with Crippen LogP contribution in [0.25, 0.3) is 11.0 Å². The van der Waals surface area contributed by atoms with Gasteiger partial charge in [-0.3, -0.25) is 0 Å². The van der Waals surface area contributed by atoms with Crippen molar-refractivity contribution in [3.8, 4) is 0 Å². The molecule has 0 aromatic carbocycles. The highest BCUT2D eigenvalue weighted by molar-refractivity contribution is 9.10. The molecule has 0 radical (unpaired) electrons. The number of aromatic amines is 1. The number of nitrogen functional groups attached to an aromatic ring is 1. The standard InChI is InChI=1S/C8H8BrN3/c1-4-3-11-8-5(4)2-6(9)7(10)12-8/h2-3H,1H3,(H3,10,11,12). The molecule has 3 N–H and O–H groups in total. The van der Waals surface area contributed by atoms with Gasteiger partial charge < -0.3 is 10.7 Å². The number of anilines is 1. The van der Waals surface area contributed by atoms with Crippen LogP contribution in [0.15, 0.2) is 16.7 Å². The van der Waals surface area contributed by atoms with E-state index in [1.165, 1.54) is 5.56 Å². The quantitative estimate of drug-likeness (QED) is 0.723. The van der Waals surface area contributed by atoms with Crippen molar-refractivity contribution in [2.45, 2.75) is 6.92 Å². The first-order chi connectivity index (χ1) is 5.68. The number of rotatable bonds is 0. The molecule has 0 bridgehead atoms. The van der Waals surface area contributed by atoms with E-state index in [4.69, 9.17) is 5.73 Å². The lowest BCUT2D eigenvalue weighted by molar-refractivity contribution is 1.32. The van der Waals surface area contributed by atoms with Crippen molar-refractivity contribution in [2.24, 2.45) is 0 Å². The summed E-state index contributed by atoms with van der Waals surface area (Å²) < 4.78 is 0.845. The number of aromatic nitrogens is 2. The minimum Gasteiger partial charge on any atom is -0.383 e. The molecule has 0 aliphatic carbocycles. The molecule has 62 valence electrons. The molecular weight excluding hydrogens is 218 g/mol. The summed E-state index contributed by atoms with van der Waals surface area (Å²) >= 11 is 3.33. The van der Waals surface area contributed by atoms with Gasteiger partial charge in [-0.05, 0) is 34.5 Å². The predicted molar refractivity (Wildman–Crippen MR) is 52.9 cm³/mol. The van der Waals surface area contributed by atoms with Crippen molar-refractivity contribution >= 4 is 32.8 Å². The van der Waals surface area contributed by atoms with Gasteiger partial charge in [0.2, 0.25) is 0 Å². The Morgan fingerprint density at radius 1 is 1.58 bits per heavy atom. The minimum absolute atomic E-state index is 0.518. The number of nitrogens with one attached hydrogen (secondary N) is 1. The number of hydrogen-bond donors (Lipinski definition) is 2. The number of fused-ring (bicyclic) bond motifs is 1. The topological polar surface area (TPSA) is 54.7 Å². The fourth-order valence-electron chi connectivity index (χ4n) is 1.17. The van der Waals surface area contributed by atoms with E-state index in [1.807, 2.05) is 19.2 Å². The molecule has 0 saturated heterocycles. The predicted octanol–water partition coefficient (Wildman–Crippen LogP) is 2.22. The van der Waals surface area contributed by atoms with Crippen LogP contribution in [0.5, 0.6) is 0 Å². The normalized spacial score (nSPS) is 10.8. The lowest BCUT2D eigenvalue weighted by Crippen LogP contribution is -1.91. The fraction of sp³-hybridized carbons (Fsp3) is 0.125. The van der Waals surface area contributed by atoms with Crippen LogP contribution in [0.4, 0.5) is 5.82 Å². The van der Waals surface area contributed by atoms with E-state index in [9.17, 15) is 0 Å². The summed E-state index contributed by atoms with van der Waals surface area (Å²) in [7, 11) is 0. The van der Waals surface area contributed by atoms with Gasteiger partial charge in [-0.15, -0.1) is 0 Å². The molecule has 2 aromatic heterocycles. The zero-order chi connectivity index (χ0) is 8.72. The number of H-pyrrole nitrogens is 1. The van der Waals surface area contributed by atoms with Gasteiger partial charge in [-0.2, -0.15) is 0 Å². The van der Waals surface area contributed by atoms with Crippen LogP contribution in [0, 0.1) is 6.92 Å². The van der Waals surface area contributed by atoms with E-state index in [-0.39, 0.29) is 0 Å². The molecule has 2 aromatic rings. The van der Waals surface area contributed by atoms with Gasteiger partial charge in [-0.1, -0.05) is 0 Å². The number of pyridine rings is 1. The summed E-state index contributed by atoms with van der Waals surface area (Å²) in [6.07, 6.45) is 1.92. The number of aryl methyl sites for hydroxylation is 1. The van der Waals surface area contributed by atoms with Crippen LogP contribution < -0.4 is 5.73 Å². The highest BCUT2D eigenvalue weighted by Gasteiger charge is 2.04. The van der Waals surface area contributed by atoms with Crippen molar-refractivity contribution in [2.75, 3.05) is 5.73 Å². The summed E-state index contributed by atoms with van der Waals surface area (Å²) in [6, 6.07) is 1.98. The van der Waals surface area contributed by atoms with E-state index in [2.05, 4.69) is 25.9 Å². The van der Waals surface area contributed by atoms with Crippen LogP contribution in [0.3, 0.4) is 0 Å². The molecule has 0 fully saturated rings. The summed E-state index contributed by atoms with van der Waals surface area (Å²) in [4.78, 5) is 7.22. The Kier molecular flexibility index (Phi) is 1.58. The number of nitrogens with two attached hydrogens (primary N) is 1. The zero-order valence-electron chi connectivity index (χ0n) is 6.56. The van der Waals surface area contributed by atoms with Crippen LogP contribution in [-0.4, -0.2) is 9.97 Å². The Balaban J connectivity index is 2.87. The number of halogens is 1. The summed E-state index contributed by atoms with van der Waals surface area (Å²) in [6.45, 7) is 2.03. The summed E-state index contributed by atoms with van der Waals surface area (Å²) in [5.74, 6) is 0.518. The Morgan fingerprint density at radius 3 is 3.08 bits per heavy atom. The third-order valence-corrected chi connectivity index (χ3v) is 2.49. The molecule has 0 unspecified atom stereocenters. The van der Waals surface area contributed by atoms with Gasteiger partial charge in [0, 0.05) is 11.6 Å². The molecule has 0 aliphatic rings. The van der Waals surface area contributed by atoms with Crippen molar-refractivity contribution in [3.05, 3.63) is 22.3 Å². The first-order valence-corrected chi connectivity index (χ1v) is 4.37. The number of hydrogen-bond acceptors (Lipinski definition) is 2. The molecule has 0 saturated carbocycles. The van der Waals surface area contributed by atoms with Crippen LogP contribution in [0.2, 0.25) is 0 Å². The monoisotopic (exact) mass is 225 g/mol. The first kappa shape index (κ1) is 7.61. The zero-order valence-corrected chi connectivity index (χ0v) is 8.14. The first-order valence-electron chi connectivity index (χ1n) is 3.58. The molecule has 0 amide bonds. The third-order valence-electron chi connectivity index (χ3n) is 1.85. The fourth-order valence-corrected chi connectivity index (χ4v) is 1.49. The van der Waals surface area contributed by atoms with Gasteiger partial charge in [-0.25, -0.2) is 4.98 Å². The Hall–Kier alpha value is -1.03. The molecule has 2 heterocycles. The van der Waals surface area contributed by atoms with Crippen LogP contribution in [0.1, 0.15) is 5.56 Å². The second kappa shape index (κ2) is 2.48. The van der Waals surface area contributed by atoms with Crippen LogP contribution in [-0.2, 0) is 0 Å². The van der Waals surface area contributed by atoms with E-state index >= 15 is 0 Å². The van der Waals surface area contributed by atoms with Gasteiger partial charge in [0.25, 0.3) is 0 Å². The molecule has 3 nitrogen and oxygen atoms in total. The van der Waals surface area contributed by atoms with Crippen molar-refractivity contribution in [1.29, 1.82) is 0 Å². The third kappa shape index (κ3) is 0.992. The molecule has 0 aliphatic heterocycles. The van der Waals surface area contributed by atoms with Crippen molar-refractivity contribution in [1.82, 2.24) is 9.97 Å². The average molecular weight is 226 g/mol. The molecule has 4 heteroatoms. The van der Waals surface area contributed by atoms with Gasteiger partial charge >= 0.3 is 0 Å². The van der Waals surface area contributed by atoms with Gasteiger partial charge in [0.05, 0.1) is 4.47 Å². The Bertz CT molecular complexity index is 433. The maximum Gasteiger partial charge on any atom is 0.140 e. The second-order valence-corrected chi connectivity index (χ2v) is 3.58. The summed E-state index contributed by atoms with van der Waals surface area (Å²) in [5, 5.41) is 1.11. The maximum absolute atomic E-state index is 5.62. The van der Waals surface area contributed by atoms with Gasteiger partial charge in [0.1, 0.15) is 11.5 Å². The Labute approximate surface area is 78.1 Å². The van der Waals surface area contributed by atoms with E-state index in [0.717, 1.165) is 15.5 Å². The molecular formula is C8H8BrN3. The van der Waals surface area contributed by atoms with Crippen LogP contribution >= 0.6 is 15.9 Å². The molecule has 12 heavy (non-hydrogen) atoms. The van der Waals surface area contributed by atoms with Crippen molar-refractivity contribution in [3.63, 3.8) is 0 Å². The average Bonchev–Trinajstić information content (AvgIpc) is 2.35.